The molecule has 0 aliphatic rings. The van der Waals surface area contributed by atoms with Crippen molar-refractivity contribution >= 4 is 11.5 Å². The molecule has 2 N–H and O–H groups in total. The van der Waals surface area contributed by atoms with E-state index in [1.165, 1.54) is 24.8 Å². The minimum atomic E-state index is -0.797. The fourth-order valence-corrected chi connectivity index (χ4v) is 3.34. The molecule has 178 valence electrons. The van der Waals surface area contributed by atoms with Crippen LogP contribution in [0.25, 0.3) is 5.57 Å². The van der Waals surface area contributed by atoms with E-state index in [0.717, 1.165) is 31.4 Å². The molecular formula is C29H45NO2. The molecule has 0 bridgehead atoms. The van der Waals surface area contributed by atoms with Crippen molar-refractivity contribution in [2.45, 2.75) is 78.7 Å². The molecule has 1 unspecified atom stereocenters. The van der Waals surface area contributed by atoms with Gasteiger partial charge >= 0.3 is 5.97 Å². The van der Waals surface area contributed by atoms with Crippen LogP contribution in [0.15, 0.2) is 73.4 Å². The van der Waals surface area contributed by atoms with Gasteiger partial charge in [-0.1, -0.05) is 121 Å². The highest BCUT2D eigenvalue weighted by Gasteiger charge is 2.12. The highest BCUT2D eigenvalue weighted by atomic mass is 16.4. The van der Waals surface area contributed by atoms with E-state index in [1.54, 1.807) is 12.2 Å². The summed E-state index contributed by atoms with van der Waals surface area (Å²) in [6.45, 7) is 16.3. The monoisotopic (exact) mass is 439 g/mol. The number of rotatable bonds is 15. The molecule has 0 radical (unpaired) electrons. The molecule has 3 heteroatoms. The fraction of sp³-hybridized carbons (Fsp3) is 0.483. The molecule has 0 aliphatic heterocycles. The maximum atomic E-state index is 11.8. The zero-order valence-electron chi connectivity index (χ0n) is 20.8. The Labute approximate surface area is 197 Å². The molecule has 0 aromatic heterocycles. The zero-order valence-corrected chi connectivity index (χ0v) is 20.8. The number of allylic oxidation sites excluding steroid dienone is 4. The molecular weight excluding hydrogens is 394 g/mol. The Bertz CT molecular complexity index is 695. The standard InChI is InChI=1S/C25H39NO2.C4H6/c1-5-7-11-21(6-2)14-15-24(25(27)28)17-16-23(18-19-26-20(3)4)22-12-9-8-10-13-22;1-3-4-2/h8-10,12-13,16-17,20-21,26H,5-7,11,14-15,18-19H2,1-4H3,(H,27,28);3-4H,1-2H2. The predicted molar refractivity (Wildman–Crippen MR) is 141 cm³/mol. The first-order valence-electron chi connectivity index (χ1n) is 12.0. The molecule has 0 saturated heterocycles. The van der Waals surface area contributed by atoms with Crippen molar-refractivity contribution in [2.75, 3.05) is 6.54 Å². The Hall–Kier alpha value is -2.39. The van der Waals surface area contributed by atoms with Crippen molar-refractivity contribution in [3.63, 3.8) is 0 Å². The van der Waals surface area contributed by atoms with Crippen LogP contribution in [0.1, 0.15) is 78.2 Å². The smallest absolute Gasteiger partial charge is 0.331 e. The number of aliphatic carboxylic acids is 1. The average molecular weight is 440 g/mol. The highest BCUT2D eigenvalue weighted by molar-refractivity contribution is 5.87. The van der Waals surface area contributed by atoms with Crippen molar-refractivity contribution in [2.24, 2.45) is 5.92 Å². The Kier molecular flexibility index (Phi) is 17.9. The van der Waals surface area contributed by atoms with E-state index in [-0.39, 0.29) is 0 Å². The summed E-state index contributed by atoms with van der Waals surface area (Å²) in [5, 5.41) is 13.1. The zero-order chi connectivity index (χ0) is 24.2. The number of unbranched alkanes of at least 4 members (excludes halogenated alkanes) is 1. The van der Waals surface area contributed by atoms with Gasteiger partial charge in [-0.05, 0) is 42.9 Å². The van der Waals surface area contributed by atoms with E-state index in [0.29, 0.717) is 24.0 Å². The molecule has 0 fully saturated rings. The summed E-state index contributed by atoms with van der Waals surface area (Å²) < 4.78 is 0. The third-order valence-corrected chi connectivity index (χ3v) is 5.38. The molecule has 0 spiro atoms. The largest absolute Gasteiger partial charge is 0.478 e. The Morgan fingerprint density at radius 3 is 2.19 bits per heavy atom. The third kappa shape index (κ3) is 14.6. The van der Waals surface area contributed by atoms with Crippen LogP contribution in [0.4, 0.5) is 0 Å². The summed E-state index contributed by atoms with van der Waals surface area (Å²) >= 11 is 0. The van der Waals surface area contributed by atoms with E-state index in [2.05, 4.69) is 58.3 Å². The quantitative estimate of drug-likeness (QED) is 0.216. The average Bonchev–Trinajstić information content (AvgIpc) is 2.79. The van der Waals surface area contributed by atoms with Crippen LogP contribution in [-0.2, 0) is 4.79 Å². The van der Waals surface area contributed by atoms with Gasteiger partial charge in [0.25, 0.3) is 0 Å². The van der Waals surface area contributed by atoms with Gasteiger partial charge in [0.15, 0.2) is 0 Å². The lowest BCUT2D eigenvalue weighted by molar-refractivity contribution is -0.132. The number of nitrogens with one attached hydrogen (secondary N) is 1. The molecule has 1 atom stereocenters. The molecule has 3 nitrogen and oxygen atoms in total. The van der Waals surface area contributed by atoms with Crippen molar-refractivity contribution in [1.82, 2.24) is 5.32 Å². The summed E-state index contributed by atoms with van der Waals surface area (Å²) in [7, 11) is 0. The van der Waals surface area contributed by atoms with Crippen LogP contribution in [0.2, 0.25) is 0 Å². The van der Waals surface area contributed by atoms with Gasteiger partial charge in [0.1, 0.15) is 0 Å². The molecule has 32 heavy (non-hydrogen) atoms. The van der Waals surface area contributed by atoms with Crippen molar-refractivity contribution in [1.29, 1.82) is 0 Å². The van der Waals surface area contributed by atoms with Gasteiger partial charge in [-0.25, -0.2) is 4.79 Å². The van der Waals surface area contributed by atoms with E-state index in [4.69, 9.17) is 0 Å². The highest BCUT2D eigenvalue weighted by Crippen LogP contribution is 2.23. The van der Waals surface area contributed by atoms with E-state index >= 15 is 0 Å². The van der Waals surface area contributed by atoms with Gasteiger partial charge in [-0.3, -0.25) is 0 Å². The number of carbonyl (C=O) groups is 1. The first-order chi connectivity index (χ1) is 15.4. The summed E-state index contributed by atoms with van der Waals surface area (Å²) in [5.41, 5.74) is 2.84. The fourth-order valence-electron chi connectivity index (χ4n) is 3.34. The third-order valence-electron chi connectivity index (χ3n) is 5.38. The van der Waals surface area contributed by atoms with Gasteiger partial charge in [-0.2, -0.15) is 0 Å². The van der Waals surface area contributed by atoms with Gasteiger partial charge < -0.3 is 10.4 Å². The van der Waals surface area contributed by atoms with Gasteiger partial charge in [0.2, 0.25) is 0 Å². The van der Waals surface area contributed by atoms with Crippen LogP contribution < -0.4 is 5.32 Å². The maximum Gasteiger partial charge on any atom is 0.331 e. The summed E-state index contributed by atoms with van der Waals surface area (Å²) in [6, 6.07) is 10.7. The van der Waals surface area contributed by atoms with Crippen LogP contribution in [0.3, 0.4) is 0 Å². The minimum absolute atomic E-state index is 0.441. The molecule has 1 aromatic carbocycles. The van der Waals surface area contributed by atoms with E-state index < -0.39 is 5.97 Å². The van der Waals surface area contributed by atoms with Crippen molar-refractivity contribution < 1.29 is 9.90 Å². The number of carboxylic acids is 1. The van der Waals surface area contributed by atoms with Crippen LogP contribution in [0, 0.1) is 5.92 Å². The first kappa shape index (κ1) is 29.6. The van der Waals surface area contributed by atoms with Crippen LogP contribution in [-0.4, -0.2) is 23.7 Å². The first-order valence-corrected chi connectivity index (χ1v) is 12.0. The Morgan fingerprint density at radius 1 is 1.03 bits per heavy atom. The SMILES string of the molecule is C=CC=C.CCCCC(CC)CCC(=CC=C(CCNC(C)C)c1ccccc1)C(=O)O. The summed E-state index contributed by atoms with van der Waals surface area (Å²) in [5.74, 6) is -0.176. The Balaban J connectivity index is 0.00000220. The van der Waals surface area contributed by atoms with Gasteiger partial charge in [-0.15, -0.1) is 0 Å². The molecule has 1 rings (SSSR count). The summed E-state index contributed by atoms with van der Waals surface area (Å²) in [6.07, 6.45) is 14.3. The molecule has 0 saturated carbocycles. The van der Waals surface area contributed by atoms with Crippen molar-refractivity contribution in [3.05, 3.63) is 78.9 Å². The number of hydrogen-bond acceptors (Lipinski definition) is 2. The number of carboxylic acid groups (broad SMARTS) is 1. The predicted octanol–water partition coefficient (Wildman–Crippen LogP) is 7.82. The second-order valence-corrected chi connectivity index (χ2v) is 8.34. The van der Waals surface area contributed by atoms with E-state index in [1.807, 2.05) is 30.4 Å². The van der Waals surface area contributed by atoms with E-state index in [9.17, 15) is 9.90 Å². The lowest BCUT2D eigenvalue weighted by Crippen LogP contribution is -2.23. The maximum absolute atomic E-state index is 11.8. The lowest BCUT2D eigenvalue weighted by atomic mass is 9.92. The second-order valence-electron chi connectivity index (χ2n) is 8.34. The molecule has 1 aromatic rings. The van der Waals surface area contributed by atoms with Crippen LogP contribution >= 0.6 is 0 Å². The molecule has 0 amide bonds. The van der Waals surface area contributed by atoms with Crippen LogP contribution in [0.5, 0.6) is 0 Å². The normalized spacial score (nSPS) is 12.7. The van der Waals surface area contributed by atoms with Crippen molar-refractivity contribution in [3.8, 4) is 0 Å². The number of benzene rings is 1. The molecule has 0 aliphatic carbocycles. The van der Waals surface area contributed by atoms with Gasteiger partial charge in [0.05, 0.1) is 0 Å². The number of hydrogen-bond donors (Lipinski definition) is 2. The topological polar surface area (TPSA) is 49.3 Å². The Morgan fingerprint density at radius 2 is 1.69 bits per heavy atom. The minimum Gasteiger partial charge on any atom is -0.478 e. The lowest BCUT2D eigenvalue weighted by Gasteiger charge is -2.14. The summed E-state index contributed by atoms with van der Waals surface area (Å²) in [4.78, 5) is 11.8. The van der Waals surface area contributed by atoms with Gasteiger partial charge in [0, 0.05) is 11.6 Å². The second kappa shape index (κ2) is 19.3. The molecule has 0 heterocycles.